The van der Waals surface area contributed by atoms with Crippen molar-refractivity contribution >= 4 is 17.7 Å². The van der Waals surface area contributed by atoms with Crippen molar-refractivity contribution in [2.75, 3.05) is 26.9 Å². The van der Waals surface area contributed by atoms with Crippen LogP contribution < -0.4 is 0 Å². The largest absolute Gasteiger partial charge is 0.461 e. The maximum Gasteiger partial charge on any atom is 0.355 e. The number of esters is 1. The van der Waals surface area contributed by atoms with Crippen LogP contribution in [0.1, 0.15) is 68.8 Å². The number of nitrogens with zero attached hydrogens (tertiary/aromatic N) is 1. The van der Waals surface area contributed by atoms with Crippen LogP contribution in [0, 0.1) is 13.8 Å². The summed E-state index contributed by atoms with van der Waals surface area (Å²) >= 11 is 0. The third kappa shape index (κ3) is 5.41. The summed E-state index contributed by atoms with van der Waals surface area (Å²) in [4.78, 5) is 43.3. The van der Waals surface area contributed by atoms with Crippen LogP contribution in [0.4, 0.5) is 0 Å². The molecule has 1 aromatic carbocycles. The smallest absolute Gasteiger partial charge is 0.355 e. The summed E-state index contributed by atoms with van der Waals surface area (Å²) in [5, 5.41) is 0. The molecule has 0 unspecified atom stereocenters. The lowest BCUT2D eigenvalue weighted by atomic mass is 9.99. The van der Waals surface area contributed by atoms with Gasteiger partial charge in [-0.05, 0) is 57.4 Å². The van der Waals surface area contributed by atoms with Gasteiger partial charge in [-0.3, -0.25) is 9.59 Å². The van der Waals surface area contributed by atoms with E-state index in [1.54, 1.807) is 46.9 Å². The van der Waals surface area contributed by atoms with E-state index >= 15 is 0 Å². The number of rotatable bonds is 10. The molecule has 2 rings (SSSR count). The van der Waals surface area contributed by atoms with Gasteiger partial charge in [-0.15, -0.1) is 0 Å². The number of aromatic nitrogens is 1. The van der Waals surface area contributed by atoms with Crippen molar-refractivity contribution in [3.63, 3.8) is 0 Å². The number of hydrogen-bond acceptors (Lipinski definition) is 5. The molecule has 1 amide bonds. The molecule has 0 aliphatic carbocycles. The van der Waals surface area contributed by atoms with E-state index < -0.39 is 12.0 Å². The van der Waals surface area contributed by atoms with Crippen LogP contribution in [0.2, 0.25) is 0 Å². The van der Waals surface area contributed by atoms with Crippen LogP contribution in [0.15, 0.2) is 24.3 Å². The maximum atomic E-state index is 13.4. The Labute approximate surface area is 183 Å². The maximum absolute atomic E-state index is 13.4. The zero-order valence-corrected chi connectivity index (χ0v) is 19.2. The number of nitrogens with one attached hydrogen (secondary N) is 1. The predicted molar refractivity (Wildman–Crippen MR) is 119 cm³/mol. The van der Waals surface area contributed by atoms with E-state index in [-0.39, 0.29) is 30.5 Å². The molecular weight excluding hydrogens is 396 g/mol. The Balaban J connectivity index is 2.36. The van der Waals surface area contributed by atoms with Gasteiger partial charge >= 0.3 is 5.97 Å². The number of Topliss-reactive ketones (excluding diaryl/α,β-unsaturated/α-hetero) is 1. The molecule has 0 radical (unpaired) electrons. The minimum Gasteiger partial charge on any atom is -0.461 e. The lowest BCUT2D eigenvalue weighted by molar-refractivity contribution is 0.0518. The molecular formula is C24H32N2O5. The number of aryl methyl sites for hydroxylation is 2. The quantitative estimate of drug-likeness (QED) is 0.460. The molecule has 0 saturated heterocycles. The second-order valence-electron chi connectivity index (χ2n) is 7.43. The minimum absolute atomic E-state index is 0.239. The summed E-state index contributed by atoms with van der Waals surface area (Å²) in [5.41, 5.74) is 3.42. The monoisotopic (exact) mass is 428 g/mol. The Morgan fingerprint density at radius 3 is 2.29 bits per heavy atom. The van der Waals surface area contributed by atoms with Crippen LogP contribution in [0.3, 0.4) is 0 Å². The fraction of sp³-hybridized carbons (Fsp3) is 0.458. The van der Waals surface area contributed by atoms with Crippen molar-refractivity contribution in [3.8, 4) is 0 Å². The van der Waals surface area contributed by atoms with Gasteiger partial charge in [-0.2, -0.15) is 0 Å². The van der Waals surface area contributed by atoms with Gasteiger partial charge in [0, 0.05) is 30.5 Å². The topological polar surface area (TPSA) is 88.7 Å². The second-order valence-corrected chi connectivity index (χ2v) is 7.43. The lowest BCUT2D eigenvalue weighted by Crippen LogP contribution is -2.45. The number of benzene rings is 1. The number of ether oxygens (including phenoxy) is 2. The molecule has 1 atom stereocenters. The fourth-order valence-electron chi connectivity index (χ4n) is 3.59. The molecule has 1 aromatic heterocycles. The number of aromatic amines is 1. The third-order valence-electron chi connectivity index (χ3n) is 5.42. The number of H-pyrrole nitrogens is 1. The van der Waals surface area contributed by atoms with E-state index in [1.807, 2.05) is 12.1 Å². The molecule has 1 heterocycles. The average molecular weight is 429 g/mol. The molecule has 7 heteroatoms. The van der Waals surface area contributed by atoms with E-state index in [2.05, 4.69) is 11.9 Å². The highest BCUT2D eigenvalue weighted by Gasteiger charge is 2.31. The average Bonchev–Trinajstić information content (AvgIpc) is 3.07. The van der Waals surface area contributed by atoms with E-state index in [0.29, 0.717) is 29.0 Å². The standard InChI is InChI=1S/C24H32N2O5/c1-7-18-9-11-19(12-10-18)23(28)26(13-14-30-6)17(5)22(27)20-15(3)21(25-16(20)4)24(29)31-8-2/h9-12,17,25H,7-8,13-14H2,1-6H3/t17-/m0/s1. The second kappa shape index (κ2) is 10.9. The molecule has 7 nitrogen and oxygen atoms in total. The van der Waals surface area contributed by atoms with Crippen molar-refractivity contribution in [1.29, 1.82) is 0 Å². The Morgan fingerprint density at radius 2 is 1.74 bits per heavy atom. The van der Waals surface area contributed by atoms with Gasteiger partial charge in [0.2, 0.25) is 0 Å². The molecule has 0 fully saturated rings. The molecule has 0 aliphatic rings. The minimum atomic E-state index is -0.739. The van der Waals surface area contributed by atoms with Gasteiger partial charge in [-0.1, -0.05) is 19.1 Å². The molecule has 0 spiro atoms. The first-order valence-electron chi connectivity index (χ1n) is 10.6. The molecule has 0 bridgehead atoms. The van der Waals surface area contributed by atoms with Crippen LogP contribution in [-0.4, -0.2) is 60.5 Å². The molecule has 0 aliphatic heterocycles. The Morgan fingerprint density at radius 1 is 1.10 bits per heavy atom. The number of carbonyl (C=O) groups is 3. The van der Waals surface area contributed by atoms with Gasteiger partial charge in [0.1, 0.15) is 5.69 Å². The number of hydrogen-bond donors (Lipinski definition) is 1. The summed E-state index contributed by atoms with van der Waals surface area (Å²) < 4.78 is 10.2. The first kappa shape index (κ1) is 24.3. The molecule has 31 heavy (non-hydrogen) atoms. The highest BCUT2D eigenvalue weighted by atomic mass is 16.5. The van der Waals surface area contributed by atoms with Crippen molar-refractivity contribution in [2.24, 2.45) is 0 Å². The van der Waals surface area contributed by atoms with Gasteiger partial charge < -0.3 is 19.4 Å². The number of methoxy groups -OCH3 is 1. The van der Waals surface area contributed by atoms with Gasteiger partial charge in [0.15, 0.2) is 5.78 Å². The van der Waals surface area contributed by atoms with Crippen molar-refractivity contribution in [2.45, 2.75) is 47.1 Å². The van der Waals surface area contributed by atoms with Crippen molar-refractivity contribution in [3.05, 3.63) is 57.9 Å². The van der Waals surface area contributed by atoms with E-state index in [0.717, 1.165) is 12.0 Å². The molecule has 2 aromatic rings. The van der Waals surface area contributed by atoms with Crippen LogP contribution in [0.5, 0.6) is 0 Å². The normalized spacial score (nSPS) is 11.8. The Kier molecular flexibility index (Phi) is 8.56. The Hall–Kier alpha value is -2.93. The summed E-state index contributed by atoms with van der Waals surface area (Å²) in [6.45, 7) is 9.73. The first-order chi connectivity index (χ1) is 14.8. The first-order valence-corrected chi connectivity index (χ1v) is 10.6. The summed E-state index contributed by atoms with van der Waals surface area (Å²) in [7, 11) is 1.55. The molecule has 168 valence electrons. The van der Waals surface area contributed by atoms with Crippen LogP contribution >= 0.6 is 0 Å². The number of ketones is 1. The molecule has 1 N–H and O–H groups in total. The van der Waals surface area contributed by atoms with Crippen molar-refractivity contribution < 1.29 is 23.9 Å². The zero-order valence-electron chi connectivity index (χ0n) is 19.2. The Bertz CT molecular complexity index is 930. The third-order valence-corrected chi connectivity index (χ3v) is 5.42. The van der Waals surface area contributed by atoms with E-state index in [4.69, 9.17) is 9.47 Å². The van der Waals surface area contributed by atoms with Crippen molar-refractivity contribution in [1.82, 2.24) is 9.88 Å². The van der Waals surface area contributed by atoms with E-state index in [9.17, 15) is 14.4 Å². The van der Waals surface area contributed by atoms with E-state index in [1.165, 1.54) is 4.90 Å². The summed E-state index contributed by atoms with van der Waals surface area (Å²) in [5.74, 6) is -0.980. The predicted octanol–water partition coefficient (Wildman–Crippen LogP) is 3.73. The summed E-state index contributed by atoms with van der Waals surface area (Å²) in [6.07, 6.45) is 0.881. The van der Waals surface area contributed by atoms with Crippen LogP contribution in [-0.2, 0) is 15.9 Å². The zero-order chi connectivity index (χ0) is 23.1. The number of amides is 1. The highest BCUT2D eigenvalue weighted by molar-refractivity contribution is 6.07. The van der Waals surface area contributed by atoms with Crippen LogP contribution in [0.25, 0.3) is 0 Å². The highest BCUT2D eigenvalue weighted by Crippen LogP contribution is 2.23. The van der Waals surface area contributed by atoms with Gasteiger partial charge in [0.05, 0.1) is 19.3 Å². The fourth-order valence-corrected chi connectivity index (χ4v) is 3.59. The lowest BCUT2D eigenvalue weighted by Gasteiger charge is -2.28. The van der Waals surface area contributed by atoms with Gasteiger partial charge in [0.25, 0.3) is 5.91 Å². The van der Waals surface area contributed by atoms with Gasteiger partial charge in [-0.25, -0.2) is 4.79 Å². The number of carbonyl (C=O) groups excluding carboxylic acids is 3. The molecule has 0 saturated carbocycles. The SMILES string of the molecule is CCOC(=O)c1[nH]c(C)c(C(=O)[C@H](C)N(CCOC)C(=O)c2ccc(CC)cc2)c1C. The summed E-state index contributed by atoms with van der Waals surface area (Å²) in [6, 6.07) is 6.66.